The van der Waals surface area contributed by atoms with E-state index in [9.17, 15) is 9.59 Å². The van der Waals surface area contributed by atoms with Crippen LogP contribution >= 0.6 is 0 Å². The summed E-state index contributed by atoms with van der Waals surface area (Å²) in [6, 6.07) is 13.3. The van der Waals surface area contributed by atoms with E-state index in [0.717, 1.165) is 12.8 Å². The van der Waals surface area contributed by atoms with Crippen LogP contribution < -0.4 is 5.32 Å². The Kier molecular flexibility index (Phi) is 6.29. The van der Waals surface area contributed by atoms with Crippen LogP contribution in [0.4, 0.5) is 0 Å². The zero-order valence-corrected chi connectivity index (χ0v) is 13.1. The number of carbonyl (C=O) groups excluding carboxylic acids is 2. The standard InChI is InChI=1S/C18H20N2O3/c1-14(9-10-15-6-3-2-4-7-15)20-17(21)13-23-18(22)16-8-5-11-19-12-16/h2-8,11-12,14H,9-10,13H2,1H3,(H,20,21)/t14-/m0/s1. The average molecular weight is 312 g/mol. The van der Waals surface area contributed by atoms with Crippen molar-refractivity contribution in [1.29, 1.82) is 0 Å². The number of esters is 1. The van der Waals surface area contributed by atoms with Crippen LogP contribution in [0.1, 0.15) is 29.3 Å². The minimum absolute atomic E-state index is 0.0137. The summed E-state index contributed by atoms with van der Waals surface area (Å²) in [5.41, 5.74) is 1.56. The van der Waals surface area contributed by atoms with Crippen molar-refractivity contribution in [3.05, 3.63) is 66.0 Å². The van der Waals surface area contributed by atoms with E-state index < -0.39 is 5.97 Å². The summed E-state index contributed by atoms with van der Waals surface area (Å²) < 4.78 is 4.96. The van der Waals surface area contributed by atoms with Gasteiger partial charge in [0.2, 0.25) is 0 Å². The van der Waals surface area contributed by atoms with Gasteiger partial charge in [-0.05, 0) is 37.5 Å². The highest BCUT2D eigenvalue weighted by atomic mass is 16.5. The van der Waals surface area contributed by atoms with Crippen molar-refractivity contribution in [3.8, 4) is 0 Å². The summed E-state index contributed by atoms with van der Waals surface area (Å²) in [7, 11) is 0. The first kappa shape index (κ1) is 16.7. The first-order valence-electron chi connectivity index (χ1n) is 7.55. The fourth-order valence-electron chi connectivity index (χ4n) is 2.11. The van der Waals surface area contributed by atoms with Gasteiger partial charge in [-0.1, -0.05) is 30.3 Å². The predicted molar refractivity (Wildman–Crippen MR) is 86.9 cm³/mol. The van der Waals surface area contributed by atoms with Gasteiger partial charge in [0.1, 0.15) is 0 Å². The molecule has 2 rings (SSSR count). The molecule has 0 radical (unpaired) electrons. The van der Waals surface area contributed by atoms with Crippen molar-refractivity contribution in [1.82, 2.24) is 10.3 Å². The van der Waals surface area contributed by atoms with Crippen LogP contribution in [0.15, 0.2) is 54.9 Å². The Labute approximate surface area is 135 Å². The number of aromatic nitrogens is 1. The number of hydrogen-bond donors (Lipinski definition) is 1. The Morgan fingerprint density at radius 3 is 2.65 bits per heavy atom. The van der Waals surface area contributed by atoms with Crippen LogP contribution in [-0.2, 0) is 16.0 Å². The first-order chi connectivity index (χ1) is 11.1. The topological polar surface area (TPSA) is 68.3 Å². The molecular weight excluding hydrogens is 292 g/mol. The minimum atomic E-state index is -0.551. The first-order valence-corrected chi connectivity index (χ1v) is 7.55. The van der Waals surface area contributed by atoms with Crippen LogP contribution in [0.25, 0.3) is 0 Å². The van der Waals surface area contributed by atoms with Gasteiger partial charge in [-0.2, -0.15) is 0 Å². The lowest BCUT2D eigenvalue weighted by molar-refractivity contribution is -0.124. The number of pyridine rings is 1. The van der Waals surface area contributed by atoms with E-state index in [0.29, 0.717) is 5.56 Å². The molecule has 1 heterocycles. The van der Waals surface area contributed by atoms with Crippen molar-refractivity contribution in [2.45, 2.75) is 25.8 Å². The third kappa shape index (κ3) is 5.90. The van der Waals surface area contributed by atoms with Crippen molar-refractivity contribution in [2.75, 3.05) is 6.61 Å². The van der Waals surface area contributed by atoms with Crippen LogP contribution in [-0.4, -0.2) is 29.5 Å². The maximum absolute atomic E-state index is 11.8. The number of hydrogen-bond acceptors (Lipinski definition) is 4. The number of benzene rings is 1. The fourth-order valence-corrected chi connectivity index (χ4v) is 2.11. The van der Waals surface area contributed by atoms with Gasteiger partial charge in [0.15, 0.2) is 6.61 Å². The number of nitrogens with one attached hydrogen (secondary N) is 1. The largest absolute Gasteiger partial charge is 0.452 e. The molecule has 0 aliphatic carbocycles. The lowest BCUT2D eigenvalue weighted by Crippen LogP contribution is -2.36. The van der Waals surface area contributed by atoms with Gasteiger partial charge in [0.25, 0.3) is 5.91 Å². The van der Waals surface area contributed by atoms with Crippen LogP contribution in [0.3, 0.4) is 0 Å². The molecule has 0 unspecified atom stereocenters. The Morgan fingerprint density at radius 1 is 1.17 bits per heavy atom. The molecule has 0 bridgehead atoms. The second-order valence-corrected chi connectivity index (χ2v) is 5.31. The molecule has 0 saturated heterocycles. The molecule has 0 fully saturated rings. The van der Waals surface area contributed by atoms with Crippen molar-refractivity contribution in [3.63, 3.8) is 0 Å². The molecule has 0 saturated carbocycles. The van der Waals surface area contributed by atoms with Gasteiger partial charge < -0.3 is 10.1 Å². The number of nitrogens with zero attached hydrogens (tertiary/aromatic N) is 1. The summed E-state index contributed by atoms with van der Waals surface area (Å²) in [6.45, 7) is 1.65. The number of amides is 1. The molecule has 23 heavy (non-hydrogen) atoms. The molecule has 1 amide bonds. The molecular formula is C18H20N2O3. The Morgan fingerprint density at radius 2 is 1.96 bits per heavy atom. The maximum atomic E-state index is 11.8. The molecule has 0 spiro atoms. The molecule has 120 valence electrons. The van der Waals surface area contributed by atoms with Gasteiger partial charge in [0, 0.05) is 18.4 Å². The van der Waals surface area contributed by atoms with Gasteiger partial charge in [0.05, 0.1) is 5.56 Å². The van der Waals surface area contributed by atoms with Crippen LogP contribution in [0, 0.1) is 0 Å². The number of aryl methyl sites for hydroxylation is 1. The average Bonchev–Trinajstić information content (AvgIpc) is 2.59. The second kappa shape index (κ2) is 8.68. The Bertz CT molecular complexity index is 629. The van der Waals surface area contributed by atoms with Gasteiger partial charge >= 0.3 is 5.97 Å². The van der Waals surface area contributed by atoms with Crippen LogP contribution in [0.2, 0.25) is 0 Å². The smallest absolute Gasteiger partial charge is 0.340 e. The molecule has 1 aromatic carbocycles. The summed E-state index contributed by atoms with van der Waals surface area (Å²) >= 11 is 0. The summed E-state index contributed by atoms with van der Waals surface area (Å²) in [5.74, 6) is -0.854. The molecule has 1 aromatic heterocycles. The molecule has 5 heteroatoms. The molecule has 5 nitrogen and oxygen atoms in total. The van der Waals surface area contributed by atoms with Gasteiger partial charge in [-0.3, -0.25) is 9.78 Å². The van der Waals surface area contributed by atoms with Crippen molar-refractivity contribution >= 4 is 11.9 Å². The van der Waals surface area contributed by atoms with Gasteiger partial charge in [-0.15, -0.1) is 0 Å². The fraction of sp³-hybridized carbons (Fsp3) is 0.278. The highest BCUT2D eigenvalue weighted by Gasteiger charge is 2.12. The van der Waals surface area contributed by atoms with E-state index in [1.807, 2.05) is 25.1 Å². The number of ether oxygens (including phenoxy) is 1. The second-order valence-electron chi connectivity index (χ2n) is 5.31. The summed E-state index contributed by atoms with van der Waals surface area (Å²) in [6.07, 6.45) is 4.69. The molecule has 1 N–H and O–H groups in total. The Balaban J connectivity index is 1.69. The third-order valence-electron chi connectivity index (χ3n) is 3.35. The van der Waals surface area contributed by atoms with E-state index in [1.54, 1.807) is 18.3 Å². The summed E-state index contributed by atoms with van der Waals surface area (Å²) in [4.78, 5) is 27.3. The van der Waals surface area contributed by atoms with E-state index in [2.05, 4.69) is 22.4 Å². The third-order valence-corrected chi connectivity index (χ3v) is 3.35. The Hall–Kier alpha value is -2.69. The highest BCUT2D eigenvalue weighted by molar-refractivity contribution is 5.90. The normalized spacial score (nSPS) is 11.5. The monoisotopic (exact) mass is 312 g/mol. The van der Waals surface area contributed by atoms with E-state index >= 15 is 0 Å². The predicted octanol–water partition coefficient (Wildman–Crippen LogP) is 2.38. The molecule has 2 aromatic rings. The lowest BCUT2D eigenvalue weighted by atomic mass is 10.1. The molecule has 0 aliphatic heterocycles. The van der Waals surface area contributed by atoms with E-state index in [4.69, 9.17) is 4.74 Å². The van der Waals surface area contributed by atoms with Gasteiger partial charge in [-0.25, -0.2) is 4.79 Å². The molecule has 0 aliphatic rings. The highest BCUT2D eigenvalue weighted by Crippen LogP contribution is 2.05. The number of rotatable bonds is 7. The minimum Gasteiger partial charge on any atom is -0.452 e. The maximum Gasteiger partial charge on any atom is 0.340 e. The summed E-state index contributed by atoms with van der Waals surface area (Å²) in [5, 5.41) is 2.83. The van der Waals surface area contributed by atoms with E-state index in [-0.39, 0.29) is 18.6 Å². The van der Waals surface area contributed by atoms with Crippen LogP contribution in [0.5, 0.6) is 0 Å². The number of carbonyl (C=O) groups is 2. The zero-order valence-electron chi connectivity index (χ0n) is 13.1. The zero-order chi connectivity index (χ0) is 16.5. The SMILES string of the molecule is C[C@@H](CCc1ccccc1)NC(=O)COC(=O)c1cccnc1. The molecule has 1 atom stereocenters. The quantitative estimate of drug-likeness (QED) is 0.797. The van der Waals surface area contributed by atoms with E-state index in [1.165, 1.54) is 11.8 Å². The van der Waals surface area contributed by atoms with Crippen molar-refractivity contribution in [2.24, 2.45) is 0 Å². The lowest BCUT2D eigenvalue weighted by Gasteiger charge is -2.14. The van der Waals surface area contributed by atoms with Crippen molar-refractivity contribution < 1.29 is 14.3 Å².